The highest BCUT2D eigenvalue weighted by Gasteiger charge is 2.12. The molecule has 36 heavy (non-hydrogen) atoms. The molecule has 2 aromatic carbocycles. The quantitative estimate of drug-likeness (QED) is 0.362. The number of hydrogen-bond donors (Lipinski definition) is 1. The second-order valence-corrected chi connectivity index (χ2v) is 8.85. The second-order valence-electron chi connectivity index (χ2n) is 8.85. The zero-order valence-electron chi connectivity index (χ0n) is 22.1. The van der Waals surface area contributed by atoms with E-state index in [2.05, 4.69) is 30.9 Å². The van der Waals surface area contributed by atoms with E-state index in [1.165, 1.54) is 6.42 Å². The van der Waals surface area contributed by atoms with Crippen molar-refractivity contribution in [3.05, 3.63) is 99.3 Å². The molecule has 5 heteroatoms. The van der Waals surface area contributed by atoms with Crippen LogP contribution in [-0.4, -0.2) is 9.72 Å². The van der Waals surface area contributed by atoms with Crippen molar-refractivity contribution < 1.29 is 4.52 Å². The number of nitrogens with zero attached hydrogens (tertiary/aromatic N) is 2. The molecular weight excluding hydrogens is 446 g/mol. The molecule has 0 amide bonds. The lowest BCUT2D eigenvalue weighted by Crippen LogP contribution is -2.42. The highest BCUT2D eigenvalue weighted by Crippen LogP contribution is 2.27. The van der Waals surface area contributed by atoms with Crippen LogP contribution in [0.4, 0.5) is 11.5 Å². The smallest absolute Gasteiger partial charge is 0.258 e. The van der Waals surface area contributed by atoms with Gasteiger partial charge in [0.05, 0.1) is 5.35 Å². The van der Waals surface area contributed by atoms with Crippen molar-refractivity contribution in [3.63, 3.8) is 0 Å². The van der Waals surface area contributed by atoms with Gasteiger partial charge >= 0.3 is 0 Å². The highest BCUT2D eigenvalue weighted by atomic mass is 16.5. The maximum Gasteiger partial charge on any atom is 0.258 e. The molecule has 0 bridgehead atoms. The summed E-state index contributed by atoms with van der Waals surface area (Å²) in [6, 6.07) is 19.6. The van der Waals surface area contributed by atoms with Crippen LogP contribution < -0.4 is 21.4 Å². The third kappa shape index (κ3) is 6.11. The van der Waals surface area contributed by atoms with Crippen molar-refractivity contribution in [1.29, 1.82) is 0 Å². The molecule has 1 N–H and O–H groups in total. The molecule has 2 aromatic heterocycles. The molecule has 0 aliphatic carbocycles. The first-order valence-corrected chi connectivity index (χ1v) is 12.2. The summed E-state index contributed by atoms with van der Waals surface area (Å²) in [7, 11) is 1.80. The number of rotatable bonds is 5. The van der Waals surface area contributed by atoms with E-state index in [4.69, 9.17) is 4.52 Å². The van der Waals surface area contributed by atoms with E-state index in [1.54, 1.807) is 11.6 Å². The fourth-order valence-electron chi connectivity index (χ4n) is 3.82. The summed E-state index contributed by atoms with van der Waals surface area (Å²) < 4.78 is 7.17. The molecule has 0 fully saturated rings. The molecule has 0 spiro atoms. The lowest BCUT2D eigenvalue weighted by atomic mass is 10.00. The van der Waals surface area contributed by atoms with Crippen LogP contribution in [0.2, 0.25) is 0 Å². The molecule has 2 heterocycles. The van der Waals surface area contributed by atoms with Gasteiger partial charge in [0.2, 0.25) is 0 Å². The zero-order valence-corrected chi connectivity index (χ0v) is 22.1. The normalized spacial score (nSPS) is 11.7. The lowest BCUT2D eigenvalue weighted by molar-refractivity contribution is 0.435. The minimum absolute atomic E-state index is 0.0545. The van der Waals surface area contributed by atoms with E-state index >= 15 is 0 Å². The summed E-state index contributed by atoms with van der Waals surface area (Å²) in [5.41, 5.74) is 5.16. The molecular formula is C31H35N3O2. The van der Waals surface area contributed by atoms with Gasteiger partial charge in [-0.2, -0.15) is 0 Å². The molecule has 0 aliphatic rings. The Morgan fingerprint density at radius 1 is 1.08 bits per heavy atom. The maximum atomic E-state index is 13.3. The Hall–Kier alpha value is -4.12. The molecule has 4 rings (SSSR count). The topological polar surface area (TPSA) is 60.1 Å². The van der Waals surface area contributed by atoms with Gasteiger partial charge in [-0.3, -0.25) is 4.79 Å². The van der Waals surface area contributed by atoms with Gasteiger partial charge in [0, 0.05) is 29.9 Å². The summed E-state index contributed by atoms with van der Waals surface area (Å²) in [5.74, 6) is 1.29. The van der Waals surface area contributed by atoms with Crippen molar-refractivity contribution >= 4 is 23.7 Å². The average Bonchev–Trinajstić information content (AvgIpc) is 3.33. The van der Waals surface area contributed by atoms with Crippen molar-refractivity contribution in [3.8, 4) is 22.5 Å². The molecule has 186 valence electrons. The predicted molar refractivity (Wildman–Crippen MR) is 152 cm³/mol. The van der Waals surface area contributed by atoms with Gasteiger partial charge in [-0.05, 0) is 61.4 Å². The van der Waals surface area contributed by atoms with E-state index in [0.29, 0.717) is 17.1 Å². The van der Waals surface area contributed by atoms with Crippen molar-refractivity contribution in [2.45, 2.75) is 41.0 Å². The van der Waals surface area contributed by atoms with Gasteiger partial charge in [0.1, 0.15) is 0 Å². The molecule has 0 unspecified atom stereocenters. The lowest BCUT2D eigenvalue weighted by Gasteiger charge is -2.12. The summed E-state index contributed by atoms with van der Waals surface area (Å²) in [5, 5.41) is 9.27. The summed E-state index contributed by atoms with van der Waals surface area (Å²) >= 11 is 0. The Morgan fingerprint density at radius 3 is 2.42 bits per heavy atom. The van der Waals surface area contributed by atoms with Crippen LogP contribution in [0.5, 0.6) is 0 Å². The first kappa shape index (κ1) is 26.5. The molecule has 4 aromatic rings. The standard InChI is InChI=1S/C28H27N3O2.C3H8/c1-6-20-15-24(28(32)31(5)25(20)14-18(2)3)23-16-22(13-12-19(23)4)29-27-17-26(33-30-27)21-10-8-7-9-11-21;1-3-2/h6-17H,2H2,1,3-5H3,(H,29,30);3H2,1-2H3/b20-6-,25-14+;. The van der Waals surface area contributed by atoms with E-state index in [-0.39, 0.29) is 5.56 Å². The maximum absolute atomic E-state index is 13.3. The molecule has 0 saturated heterocycles. The third-order valence-corrected chi connectivity index (χ3v) is 5.55. The van der Waals surface area contributed by atoms with Crippen LogP contribution in [0.25, 0.3) is 34.6 Å². The van der Waals surface area contributed by atoms with E-state index < -0.39 is 0 Å². The van der Waals surface area contributed by atoms with Crippen LogP contribution in [0.3, 0.4) is 0 Å². The minimum Gasteiger partial charge on any atom is -0.354 e. The minimum atomic E-state index is -0.0545. The number of hydrogen-bond acceptors (Lipinski definition) is 4. The Bertz CT molecular complexity index is 1530. The Balaban J connectivity index is 0.00000115. The zero-order chi connectivity index (χ0) is 26.2. The van der Waals surface area contributed by atoms with Gasteiger partial charge in [0.25, 0.3) is 5.56 Å². The van der Waals surface area contributed by atoms with Crippen molar-refractivity contribution in [1.82, 2.24) is 9.72 Å². The van der Waals surface area contributed by atoms with Crippen LogP contribution in [0.1, 0.15) is 39.7 Å². The molecule has 0 atom stereocenters. The van der Waals surface area contributed by atoms with Crippen LogP contribution in [-0.2, 0) is 7.05 Å². The van der Waals surface area contributed by atoms with Gasteiger partial charge in [-0.25, -0.2) is 0 Å². The fourth-order valence-corrected chi connectivity index (χ4v) is 3.82. The number of aromatic nitrogens is 2. The number of aryl methyl sites for hydroxylation is 1. The van der Waals surface area contributed by atoms with E-state index in [9.17, 15) is 4.79 Å². The molecule has 0 radical (unpaired) electrons. The van der Waals surface area contributed by atoms with Gasteiger partial charge in [-0.1, -0.05) is 80.1 Å². The van der Waals surface area contributed by atoms with Crippen molar-refractivity contribution in [2.75, 3.05) is 5.32 Å². The van der Waals surface area contributed by atoms with Crippen LogP contribution in [0, 0.1) is 6.92 Å². The monoisotopic (exact) mass is 481 g/mol. The first-order chi connectivity index (χ1) is 17.3. The van der Waals surface area contributed by atoms with Crippen LogP contribution in [0.15, 0.2) is 82.1 Å². The summed E-state index contributed by atoms with van der Waals surface area (Å²) in [4.78, 5) is 13.3. The van der Waals surface area contributed by atoms with Crippen LogP contribution >= 0.6 is 0 Å². The Kier molecular flexibility index (Phi) is 8.85. The van der Waals surface area contributed by atoms with E-state index in [1.807, 2.05) is 93.6 Å². The second kappa shape index (κ2) is 12.0. The third-order valence-electron chi connectivity index (χ3n) is 5.55. The first-order valence-electron chi connectivity index (χ1n) is 12.2. The molecule has 0 saturated carbocycles. The van der Waals surface area contributed by atoms with Crippen molar-refractivity contribution in [2.24, 2.45) is 7.05 Å². The SMILES string of the molecule is C=C(C)/C=c1\c(=C/C)cc(-c2cc(Nc3cc(-c4ccccc4)on3)ccc2C)c(=O)n1C.CCC. The number of anilines is 2. The van der Waals surface area contributed by atoms with E-state index in [0.717, 1.165) is 38.5 Å². The van der Waals surface area contributed by atoms with Gasteiger partial charge in [0.15, 0.2) is 11.6 Å². The molecule has 5 nitrogen and oxygen atoms in total. The predicted octanol–water partition coefficient (Wildman–Crippen LogP) is 6.33. The number of benzene rings is 2. The largest absolute Gasteiger partial charge is 0.354 e. The number of nitrogens with one attached hydrogen (secondary N) is 1. The Morgan fingerprint density at radius 2 is 1.78 bits per heavy atom. The summed E-state index contributed by atoms with van der Waals surface area (Å²) in [6.45, 7) is 14.1. The van der Waals surface area contributed by atoms with Gasteiger partial charge < -0.3 is 14.4 Å². The Labute approximate surface area is 213 Å². The highest BCUT2D eigenvalue weighted by molar-refractivity contribution is 5.73. The average molecular weight is 482 g/mol. The number of pyridine rings is 1. The molecule has 0 aliphatic heterocycles. The fraction of sp³-hybridized carbons (Fsp3) is 0.226. The van der Waals surface area contributed by atoms with Gasteiger partial charge in [-0.15, -0.1) is 0 Å². The number of allylic oxidation sites excluding steroid dienone is 1. The summed E-state index contributed by atoms with van der Waals surface area (Å²) in [6.07, 6.45) is 5.19.